The van der Waals surface area contributed by atoms with E-state index in [1.165, 1.54) is 6.07 Å². The minimum atomic E-state index is -0.438. The van der Waals surface area contributed by atoms with Crippen molar-refractivity contribution >= 4 is 21.8 Å². The van der Waals surface area contributed by atoms with Crippen LogP contribution in [0.4, 0.5) is 4.39 Å². The molecule has 0 spiro atoms. The lowest BCUT2D eigenvalue weighted by atomic mass is 10.1. The largest absolute Gasteiger partial charge is 0.351 e. The SMILES string of the molecule is CCCC(Br)CNC(=O)c1cccc(C)c1F. The normalized spacial score (nSPS) is 12.2. The molecular weight excluding hydrogens is 285 g/mol. The van der Waals surface area contributed by atoms with E-state index in [0.717, 1.165) is 12.8 Å². The van der Waals surface area contributed by atoms with Crippen molar-refractivity contribution in [1.82, 2.24) is 5.32 Å². The summed E-state index contributed by atoms with van der Waals surface area (Å²) in [4.78, 5) is 12.0. The number of carbonyl (C=O) groups excluding carboxylic acids is 1. The fourth-order valence-electron chi connectivity index (χ4n) is 1.54. The molecule has 1 atom stereocenters. The monoisotopic (exact) mass is 301 g/mol. The number of alkyl halides is 1. The maximum atomic E-state index is 13.7. The molecule has 4 heteroatoms. The molecule has 0 saturated carbocycles. The second-order valence-electron chi connectivity index (χ2n) is 4.03. The maximum Gasteiger partial charge on any atom is 0.254 e. The molecule has 94 valence electrons. The number of aryl methyl sites for hydroxylation is 1. The first kappa shape index (κ1) is 14.2. The summed E-state index contributed by atoms with van der Waals surface area (Å²) in [5.41, 5.74) is 0.600. The standard InChI is InChI=1S/C13H17BrFNO/c1-3-5-10(14)8-16-13(17)11-7-4-6-9(2)12(11)15/h4,6-7,10H,3,5,8H2,1-2H3,(H,16,17). The first-order valence-corrected chi connectivity index (χ1v) is 6.65. The van der Waals surface area contributed by atoms with Crippen molar-refractivity contribution in [3.8, 4) is 0 Å². The summed E-state index contributed by atoms with van der Waals surface area (Å²) in [6, 6.07) is 4.84. The van der Waals surface area contributed by atoms with E-state index in [-0.39, 0.29) is 16.3 Å². The molecule has 0 saturated heterocycles. The van der Waals surface area contributed by atoms with E-state index in [0.29, 0.717) is 12.1 Å². The highest BCUT2D eigenvalue weighted by Crippen LogP contribution is 2.12. The van der Waals surface area contributed by atoms with Crippen molar-refractivity contribution in [2.75, 3.05) is 6.54 Å². The average molecular weight is 302 g/mol. The van der Waals surface area contributed by atoms with Gasteiger partial charge in [-0.2, -0.15) is 0 Å². The quantitative estimate of drug-likeness (QED) is 0.830. The molecule has 0 aliphatic carbocycles. The number of carbonyl (C=O) groups is 1. The zero-order valence-electron chi connectivity index (χ0n) is 10.1. The third-order valence-electron chi connectivity index (χ3n) is 2.52. The summed E-state index contributed by atoms with van der Waals surface area (Å²) in [5.74, 6) is -0.793. The Bertz CT molecular complexity index is 395. The van der Waals surface area contributed by atoms with Crippen LogP contribution in [0.25, 0.3) is 0 Å². The molecule has 1 unspecified atom stereocenters. The lowest BCUT2D eigenvalue weighted by Crippen LogP contribution is -2.30. The van der Waals surface area contributed by atoms with Crippen LogP contribution in [-0.4, -0.2) is 17.3 Å². The molecule has 0 fully saturated rings. The number of amides is 1. The van der Waals surface area contributed by atoms with Crippen molar-refractivity contribution in [2.24, 2.45) is 0 Å². The predicted molar refractivity (Wildman–Crippen MR) is 71.1 cm³/mol. The van der Waals surface area contributed by atoms with Crippen LogP contribution in [0.15, 0.2) is 18.2 Å². The van der Waals surface area contributed by atoms with Gasteiger partial charge in [0.15, 0.2) is 0 Å². The van der Waals surface area contributed by atoms with E-state index in [4.69, 9.17) is 0 Å². The van der Waals surface area contributed by atoms with Crippen LogP contribution >= 0.6 is 15.9 Å². The van der Waals surface area contributed by atoms with Crippen LogP contribution in [0.5, 0.6) is 0 Å². The summed E-state index contributed by atoms with van der Waals surface area (Å²) >= 11 is 3.46. The lowest BCUT2D eigenvalue weighted by Gasteiger charge is -2.11. The van der Waals surface area contributed by atoms with Crippen LogP contribution in [0.1, 0.15) is 35.7 Å². The molecule has 0 radical (unpaired) electrons. The van der Waals surface area contributed by atoms with Crippen LogP contribution in [-0.2, 0) is 0 Å². The van der Waals surface area contributed by atoms with Crippen LogP contribution < -0.4 is 5.32 Å². The van der Waals surface area contributed by atoms with Crippen molar-refractivity contribution in [3.05, 3.63) is 35.1 Å². The minimum absolute atomic E-state index is 0.112. The topological polar surface area (TPSA) is 29.1 Å². The van der Waals surface area contributed by atoms with E-state index in [2.05, 4.69) is 28.2 Å². The molecular formula is C13H17BrFNO. The second-order valence-corrected chi connectivity index (χ2v) is 5.33. The zero-order valence-corrected chi connectivity index (χ0v) is 11.7. The first-order chi connectivity index (χ1) is 8.06. The fourth-order valence-corrected chi connectivity index (χ4v) is 2.16. The van der Waals surface area contributed by atoms with Crippen molar-refractivity contribution in [3.63, 3.8) is 0 Å². The van der Waals surface area contributed by atoms with E-state index >= 15 is 0 Å². The third kappa shape index (κ3) is 4.11. The van der Waals surface area contributed by atoms with Gasteiger partial charge in [0.2, 0.25) is 0 Å². The molecule has 2 nitrogen and oxygen atoms in total. The molecule has 0 aliphatic heterocycles. The van der Waals surface area contributed by atoms with Gasteiger partial charge in [0, 0.05) is 11.4 Å². The number of hydrogen-bond acceptors (Lipinski definition) is 1. The Kier molecular flexibility index (Phi) is 5.62. The average Bonchev–Trinajstić information content (AvgIpc) is 2.30. The third-order valence-corrected chi connectivity index (χ3v) is 3.30. The summed E-state index contributed by atoms with van der Waals surface area (Å²) in [7, 11) is 0. The smallest absolute Gasteiger partial charge is 0.254 e. The van der Waals surface area contributed by atoms with Gasteiger partial charge in [-0.25, -0.2) is 4.39 Å². The van der Waals surface area contributed by atoms with Gasteiger partial charge in [-0.3, -0.25) is 4.79 Å². The Morgan fingerprint density at radius 2 is 2.24 bits per heavy atom. The first-order valence-electron chi connectivity index (χ1n) is 5.73. The van der Waals surface area contributed by atoms with Gasteiger partial charge in [-0.15, -0.1) is 0 Å². The van der Waals surface area contributed by atoms with Crippen molar-refractivity contribution in [1.29, 1.82) is 0 Å². The lowest BCUT2D eigenvalue weighted by molar-refractivity contribution is 0.0949. The molecule has 1 amide bonds. The van der Waals surface area contributed by atoms with Gasteiger partial charge >= 0.3 is 0 Å². The molecule has 0 aromatic heterocycles. The molecule has 1 N–H and O–H groups in total. The predicted octanol–water partition coefficient (Wildman–Crippen LogP) is 3.43. The van der Waals surface area contributed by atoms with E-state index in [1.807, 2.05) is 0 Å². The van der Waals surface area contributed by atoms with Crippen LogP contribution in [0.2, 0.25) is 0 Å². The Balaban J connectivity index is 2.61. The summed E-state index contributed by atoms with van der Waals surface area (Å²) in [5, 5.41) is 2.73. The van der Waals surface area contributed by atoms with E-state index in [9.17, 15) is 9.18 Å². The molecule has 17 heavy (non-hydrogen) atoms. The van der Waals surface area contributed by atoms with Crippen molar-refractivity contribution in [2.45, 2.75) is 31.5 Å². The molecule has 1 rings (SSSR count). The summed E-state index contributed by atoms with van der Waals surface area (Å²) in [6.45, 7) is 4.24. The van der Waals surface area contributed by atoms with Crippen molar-refractivity contribution < 1.29 is 9.18 Å². The van der Waals surface area contributed by atoms with Gasteiger partial charge in [-0.05, 0) is 25.0 Å². The Morgan fingerprint density at radius 3 is 2.88 bits per heavy atom. The number of hydrogen-bond donors (Lipinski definition) is 1. The minimum Gasteiger partial charge on any atom is -0.351 e. The van der Waals surface area contributed by atoms with E-state index < -0.39 is 5.82 Å². The molecule has 1 aromatic rings. The van der Waals surface area contributed by atoms with Crippen LogP contribution in [0.3, 0.4) is 0 Å². The number of nitrogens with one attached hydrogen (secondary N) is 1. The van der Waals surface area contributed by atoms with Gasteiger partial charge in [0.05, 0.1) is 5.56 Å². The van der Waals surface area contributed by atoms with Gasteiger partial charge < -0.3 is 5.32 Å². The highest BCUT2D eigenvalue weighted by atomic mass is 79.9. The molecule has 1 aromatic carbocycles. The zero-order chi connectivity index (χ0) is 12.8. The Morgan fingerprint density at radius 1 is 1.53 bits per heavy atom. The van der Waals surface area contributed by atoms with Gasteiger partial charge in [0.25, 0.3) is 5.91 Å². The summed E-state index contributed by atoms with van der Waals surface area (Å²) < 4.78 is 13.7. The second kappa shape index (κ2) is 6.74. The highest BCUT2D eigenvalue weighted by molar-refractivity contribution is 9.09. The van der Waals surface area contributed by atoms with Crippen LogP contribution in [0, 0.1) is 12.7 Å². The van der Waals surface area contributed by atoms with Gasteiger partial charge in [-0.1, -0.05) is 41.4 Å². The molecule has 0 aliphatic rings. The Hall–Kier alpha value is -0.900. The Labute approximate surface area is 110 Å². The maximum absolute atomic E-state index is 13.7. The number of halogens is 2. The highest BCUT2D eigenvalue weighted by Gasteiger charge is 2.13. The van der Waals surface area contributed by atoms with E-state index in [1.54, 1.807) is 19.1 Å². The fraction of sp³-hybridized carbons (Fsp3) is 0.462. The molecule has 0 bridgehead atoms. The number of rotatable bonds is 5. The van der Waals surface area contributed by atoms with Gasteiger partial charge in [0.1, 0.15) is 5.82 Å². The summed E-state index contributed by atoms with van der Waals surface area (Å²) in [6.07, 6.45) is 2.03. The molecule has 0 heterocycles. The number of benzene rings is 1.